The van der Waals surface area contributed by atoms with Crippen molar-refractivity contribution < 1.29 is 9.50 Å². The van der Waals surface area contributed by atoms with Crippen LogP contribution in [0.1, 0.15) is 26.3 Å². The first-order chi connectivity index (χ1) is 6.90. The second-order valence-corrected chi connectivity index (χ2v) is 4.91. The summed E-state index contributed by atoms with van der Waals surface area (Å²) in [6, 6.07) is 4.57. The smallest absolute Gasteiger partial charge is 0.165 e. The molecule has 0 heterocycles. The first-order valence-electron chi connectivity index (χ1n) is 5.07. The molecule has 0 fully saturated rings. The van der Waals surface area contributed by atoms with Gasteiger partial charge >= 0.3 is 0 Å². The van der Waals surface area contributed by atoms with Crippen molar-refractivity contribution in [3.8, 4) is 5.75 Å². The van der Waals surface area contributed by atoms with Gasteiger partial charge in [-0.05, 0) is 11.5 Å². The van der Waals surface area contributed by atoms with Crippen LogP contribution in [0.4, 0.5) is 4.39 Å². The van der Waals surface area contributed by atoms with E-state index >= 15 is 0 Å². The molecule has 84 valence electrons. The van der Waals surface area contributed by atoms with Crippen molar-refractivity contribution >= 4 is 0 Å². The summed E-state index contributed by atoms with van der Waals surface area (Å²) in [5, 5.41) is 12.6. The normalized spacial score (nSPS) is 11.7. The fourth-order valence-electron chi connectivity index (χ4n) is 1.27. The van der Waals surface area contributed by atoms with Gasteiger partial charge < -0.3 is 10.4 Å². The Morgan fingerprint density at radius 2 is 2.00 bits per heavy atom. The molecule has 3 heteroatoms. The molecule has 0 radical (unpaired) electrons. The minimum Gasteiger partial charge on any atom is -0.505 e. The number of hydrogen-bond donors (Lipinski definition) is 2. The molecule has 15 heavy (non-hydrogen) atoms. The lowest BCUT2D eigenvalue weighted by Gasteiger charge is -2.19. The first kappa shape index (κ1) is 12.0. The van der Waals surface area contributed by atoms with Crippen LogP contribution in [0.2, 0.25) is 0 Å². The molecular weight excluding hydrogens is 193 g/mol. The number of phenolic OH excluding ortho intramolecular Hbond substituents is 1. The second kappa shape index (κ2) is 4.62. The zero-order valence-electron chi connectivity index (χ0n) is 9.47. The summed E-state index contributed by atoms with van der Waals surface area (Å²) in [5.41, 5.74) is 0.780. The molecular formula is C12H18FNO. The molecule has 0 atom stereocenters. The molecule has 0 saturated carbocycles. The highest BCUT2D eigenvalue weighted by Crippen LogP contribution is 2.20. The highest BCUT2D eigenvalue weighted by atomic mass is 19.1. The van der Waals surface area contributed by atoms with E-state index in [1.165, 1.54) is 6.07 Å². The highest BCUT2D eigenvalue weighted by molar-refractivity contribution is 5.33. The van der Waals surface area contributed by atoms with Crippen LogP contribution in [0.5, 0.6) is 5.75 Å². The molecule has 2 N–H and O–H groups in total. The lowest BCUT2D eigenvalue weighted by molar-refractivity contribution is 0.373. The fraction of sp³-hybridized carbons (Fsp3) is 0.500. The largest absolute Gasteiger partial charge is 0.505 e. The molecule has 0 bridgehead atoms. The number of nitrogens with one attached hydrogen (secondary N) is 1. The Morgan fingerprint density at radius 3 is 2.60 bits per heavy atom. The Morgan fingerprint density at radius 1 is 1.33 bits per heavy atom. The van der Waals surface area contributed by atoms with Crippen LogP contribution >= 0.6 is 0 Å². The van der Waals surface area contributed by atoms with Gasteiger partial charge in [-0.1, -0.05) is 32.9 Å². The average molecular weight is 211 g/mol. The highest BCUT2D eigenvalue weighted by Gasteiger charge is 2.10. The van der Waals surface area contributed by atoms with Gasteiger partial charge in [-0.2, -0.15) is 0 Å². The summed E-state index contributed by atoms with van der Waals surface area (Å²) in [6.07, 6.45) is 0. The SMILES string of the molecule is CC(C)(C)CNCc1cccc(F)c1O. The van der Waals surface area contributed by atoms with Gasteiger partial charge in [0, 0.05) is 18.7 Å². The summed E-state index contributed by atoms with van der Waals surface area (Å²) in [4.78, 5) is 0. The standard InChI is InChI=1S/C12H18FNO/c1-12(2,3)8-14-7-9-5-4-6-10(13)11(9)15/h4-6,14-15H,7-8H2,1-3H3. The third kappa shape index (κ3) is 3.88. The Bertz CT molecular complexity index is 331. The molecule has 1 aromatic rings. The quantitative estimate of drug-likeness (QED) is 0.805. The zero-order valence-corrected chi connectivity index (χ0v) is 9.47. The monoisotopic (exact) mass is 211 g/mol. The van der Waals surface area contributed by atoms with E-state index in [0.717, 1.165) is 6.54 Å². The van der Waals surface area contributed by atoms with Crippen LogP contribution < -0.4 is 5.32 Å². The second-order valence-electron chi connectivity index (χ2n) is 4.91. The van der Waals surface area contributed by atoms with Gasteiger partial charge in [-0.15, -0.1) is 0 Å². The van der Waals surface area contributed by atoms with Gasteiger partial charge in [0.2, 0.25) is 0 Å². The van der Waals surface area contributed by atoms with E-state index in [4.69, 9.17) is 0 Å². The summed E-state index contributed by atoms with van der Waals surface area (Å²) < 4.78 is 13.0. The van der Waals surface area contributed by atoms with E-state index in [1.54, 1.807) is 12.1 Å². The predicted octanol–water partition coefficient (Wildman–Crippen LogP) is 2.67. The number of rotatable bonds is 3. The summed E-state index contributed by atoms with van der Waals surface area (Å²) in [6.45, 7) is 7.66. The van der Waals surface area contributed by atoms with Crippen LogP contribution in [0, 0.1) is 11.2 Å². The Kier molecular flexibility index (Phi) is 3.69. The van der Waals surface area contributed by atoms with Crippen molar-refractivity contribution in [2.24, 2.45) is 5.41 Å². The summed E-state index contributed by atoms with van der Waals surface area (Å²) >= 11 is 0. The number of phenols is 1. The lowest BCUT2D eigenvalue weighted by Crippen LogP contribution is -2.26. The molecule has 0 aliphatic heterocycles. The number of halogens is 1. The molecule has 1 rings (SSSR count). The lowest BCUT2D eigenvalue weighted by atomic mass is 9.97. The van der Waals surface area contributed by atoms with Crippen molar-refractivity contribution in [1.29, 1.82) is 0 Å². The number of benzene rings is 1. The van der Waals surface area contributed by atoms with E-state index in [9.17, 15) is 9.50 Å². The number of aromatic hydroxyl groups is 1. The van der Waals surface area contributed by atoms with E-state index in [0.29, 0.717) is 12.1 Å². The zero-order chi connectivity index (χ0) is 11.5. The molecule has 0 unspecified atom stereocenters. The minimum atomic E-state index is -0.565. The van der Waals surface area contributed by atoms with E-state index < -0.39 is 5.82 Å². The van der Waals surface area contributed by atoms with Crippen molar-refractivity contribution in [2.45, 2.75) is 27.3 Å². The molecule has 0 aliphatic carbocycles. The van der Waals surface area contributed by atoms with Crippen LogP contribution in [-0.2, 0) is 6.54 Å². The number of hydrogen-bond acceptors (Lipinski definition) is 2. The third-order valence-corrected chi connectivity index (χ3v) is 2.04. The van der Waals surface area contributed by atoms with Gasteiger partial charge in [-0.25, -0.2) is 4.39 Å². The molecule has 0 aliphatic rings. The summed E-state index contributed by atoms with van der Waals surface area (Å²) in [5.74, 6) is -0.816. The Labute approximate surface area is 90.1 Å². The summed E-state index contributed by atoms with van der Waals surface area (Å²) in [7, 11) is 0. The van der Waals surface area contributed by atoms with Crippen LogP contribution in [0.15, 0.2) is 18.2 Å². The van der Waals surface area contributed by atoms with Crippen LogP contribution in [0.25, 0.3) is 0 Å². The van der Waals surface area contributed by atoms with Gasteiger partial charge in [0.25, 0.3) is 0 Å². The van der Waals surface area contributed by atoms with Crippen LogP contribution in [-0.4, -0.2) is 11.7 Å². The molecule has 0 amide bonds. The van der Waals surface area contributed by atoms with Crippen molar-refractivity contribution in [1.82, 2.24) is 5.32 Å². The third-order valence-electron chi connectivity index (χ3n) is 2.04. The molecule has 0 saturated heterocycles. The molecule has 0 aromatic heterocycles. The van der Waals surface area contributed by atoms with Crippen LogP contribution in [0.3, 0.4) is 0 Å². The Balaban J connectivity index is 2.55. The first-order valence-corrected chi connectivity index (χ1v) is 5.07. The average Bonchev–Trinajstić information content (AvgIpc) is 2.10. The van der Waals surface area contributed by atoms with E-state index in [1.807, 2.05) is 0 Å². The molecule has 2 nitrogen and oxygen atoms in total. The minimum absolute atomic E-state index is 0.183. The van der Waals surface area contributed by atoms with E-state index in [-0.39, 0.29) is 11.2 Å². The predicted molar refractivity (Wildman–Crippen MR) is 59.2 cm³/mol. The topological polar surface area (TPSA) is 32.3 Å². The van der Waals surface area contributed by atoms with Gasteiger partial charge in [0.1, 0.15) is 0 Å². The van der Waals surface area contributed by atoms with Gasteiger partial charge in [-0.3, -0.25) is 0 Å². The molecule has 1 aromatic carbocycles. The maximum absolute atomic E-state index is 13.0. The fourth-order valence-corrected chi connectivity index (χ4v) is 1.27. The number of para-hydroxylation sites is 1. The maximum atomic E-state index is 13.0. The van der Waals surface area contributed by atoms with Crippen molar-refractivity contribution in [3.05, 3.63) is 29.6 Å². The maximum Gasteiger partial charge on any atom is 0.165 e. The van der Waals surface area contributed by atoms with Crippen molar-refractivity contribution in [2.75, 3.05) is 6.54 Å². The van der Waals surface area contributed by atoms with Gasteiger partial charge in [0.05, 0.1) is 0 Å². The van der Waals surface area contributed by atoms with E-state index in [2.05, 4.69) is 26.1 Å². The molecule has 0 spiro atoms. The Hall–Kier alpha value is -1.09. The van der Waals surface area contributed by atoms with Crippen molar-refractivity contribution in [3.63, 3.8) is 0 Å². The van der Waals surface area contributed by atoms with Gasteiger partial charge in [0.15, 0.2) is 11.6 Å².